The van der Waals surface area contributed by atoms with Crippen molar-refractivity contribution >= 4 is 22.6 Å². The van der Waals surface area contributed by atoms with Gasteiger partial charge in [0, 0.05) is 30.3 Å². The minimum atomic E-state index is -0.161. The number of imidazole rings is 1. The quantitative estimate of drug-likeness (QED) is 0.779. The zero-order valence-corrected chi connectivity index (χ0v) is 12.5. The maximum atomic E-state index is 12.2. The maximum absolute atomic E-state index is 12.2. The lowest BCUT2D eigenvalue weighted by atomic mass is 10.2. The van der Waals surface area contributed by atoms with Crippen LogP contribution in [0.25, 0.3) is 11.0 Å². The summed E-state index contributed by atoms with van der Waals surface area (Å²) in [6.45, 7) is 0.787. The summed E-state index contributed by atoms with van der Waals surface area (Å²) in [5, 5.41) is 2.88. The molecule has 6 heteroatoms. The number of nitrogens with zero attached hydrogens (tertiary/aromatic N) is 2. The van der Waals surface area contributed by atoms with Crippen LogP contribution in [0, 0.1) is 0 Å². The number of H-pyrrole nitrogens is 1. The molecule has 0 radical (unpaired) electrons. The molecule has 0 unspecified atom stereocenters. The molecule has 1 fully saturated rings. The van der Waals surface area contributed by atoms with E-state index in [1.165, 1.54) is 0 Å². The van der Waals surface area contributed by atoms with E-state index in [9.17, 15) is 4.79 Å². The molecule has 1 aliphatic rings. The fourth-order valence-electron chi connectivity index (χ4n) is 2.76. The number of hydrogen-bond donors (Lipinski definition) is 2. The number of pyridine rings is 1. The molecule has 2 N–H and O–H groups in total. The Morgan fingerprint density at radius 2 is 2.13 bits per heavy atom. The first kappa shape index (κ1) is 13.9. The second-order valence-corrected chi connectivity index (χ2v) is 5.55. The van der Waals surface area contributed by atoms with E-state index < -0.39 is 0 Å². The Hall–Kier alpha value is -2.73. The summed E-state index contributed by atoms with van der Waals surface area (Å²) in [7, 11) is 0. The smallest absolute Gasteiger partial charge is 0.255 e. The molecule has 0 bridgehead atoms. The van der Waals surface area contributed by atoms with Gasteiger partial charge in [0.25, 0.3) is 5.91 Å². The molecular formula is C17H16N4O2. The summed E-state index contributed by atoms with van der Waals surface area (Å²) < 4.78 is 5.65. The Morgan fingerprint density at radius 3 is 2.91 bits per heavy atom. The van der Waals surface area contributed by atoms with E-state index in [0.29, 0.717) is 5.56 Å². The first-order valence-electron chi connectivity index (χ1n) is 7.62. The fourth-order valence-corrected chi connectivity index (χ4v) is 2.76. The minimum absolute atomic E-state index is 0.0530. The van der Waals surface area contributed by atoms with Crippen LogP contribution in [0.15, 0.2) is 42.7 Å². The lowest BCUT2D eigenvalue weighted by Crippen LogP contribution is -2.11. The highest BCUT2D eigenvalue weighted by Crippen LogP contribution is 2.28. The largest absolute Gasteiger partial charge is 0.370 e. The van der Waals surface area contributed by atoms with Gasteiger partial charge in [-0.2, -0.15) is 0 Å². The number of fused-ring (bicyclic) bond motifs is 1. The average Bonchev–Trinajstić information content (AvgIpc) is 3.24. The Kier molecular flexibility index (Phi) is 3.51. The van der Waals surface area contributed by atoms with Gasteiger partial charge in [-0.05, 0) is 43.2 Å². The number of carbonyl (C=O) groups excluding carboxylic acids is 1. The van der Waals surface area contributed by atoms with Crippen LogP contribution in [0.3, 0.4) is 0 Å². The first-order chi connectivity index (χ1) is 11.3. The molecule has 0 aliphatic carbocycles. The molecule has 2 aromatic heterocycles. The fraction of sp³-hybridized carbons (Fsp3) is 0.235. The van der Waals surface area contributed by atoms with Crippen molar-refractivity contribution < 1.29 is 9.53 Å². The summed E-state index contributed by atoms with van der Waals surface area (Å²) in [5.74, 6) is 0.695. The van der Waals surface area contributed by atoms with E-state index in [2.05, 4.69) is 20.3 Å². The molecule has 0 saturated carbocycles. The van der Waals surface area contributed by atoms with Crippen molar-refractivity contribution in [3.63, 3.8) is 0 Å². The predicted octanol–water partition coefficient (Wildman–Crippen LogP) is 3.06. The molecule has 116 valence electrons. The van der Waals surface area contributed by atoms with Gasteiger partial charge in [0.2, 0.25) is 0 Å². The molecule has 23 heavy (non-hydrogen) atoms. The summed E-state index contributed by atoms with van der Waals surface area (Å²) in [6.07, 6.45) is 5.31. The topological polar surface area (TPSA) is 79.9 Å². The molecule has 4 rings (SSSR count). The van der Waals surface area contributed by atoms with Gasteiger partial charge in [-0.15, -0.1) is 0 Å². The van der Waals surface area contributed by atoms with Gasteiger partial charge < -0.3 is 15.0 Å². The van der Waals surface area contributed by atoms with Crippen LogP contribution >= 0.6 is 0 Å². The van der Waals surface area contributed by atoms with Crippen molar-refractivity contribution in [1.29, 1.82) is 0 Å². The number of rotatable bonds is 3. The number of amides is 1. The third-order valence-corrected chi connectivity index (χ3v) is 3.94. The lowest BCUT2D eigenvalue weighted by molar-refractivity contribution is 0.102. The highest BCUT2D eigenvalue weighted by Gasteiger charge is 2.21. The van der Waals surface area contributed by atoms with Crippen molar-refractivity contribution in [3.05, 3.63) is 54.1 Å². The van der Waals surface area contributed by atoms with Gasteiger partial charge in [-0.25, -0.2) is 4.98 Å². The number of carbonyl (C=O) groups is 1. The van der Waals surface area contributed by atoms with Crippen molar-refractivity contribution in [1.82, 2.24) is 15.0 Å². The van der Waals surface area contributed by atoms with Gasteiger partial charge in [-0.3, -0.25) is 9.78 Å². The van der Waals surface area contributed by atoms with Gasteiger partial charge in [0.05, 0.1) is 11.0 Å². The Bertz CT molecular complexity index is 838. The van der Waals surface area contributed by atoms with Crippen LogP contribution in [-0.4, -0.2) is 27.5 Å². The molecule has 0 spiro atoms. The molecular weight excluding hydrogens is 292 g/mol. The van der Waals surface area contributed by atoms with E-state index in [0.717, 1.165) is 42.0 Å². The van der Waals surface area contributed by atoms with Crippen LogP contribution in [0.2, 0.25) is 0 Å². The molecule has 1 saturated heterocycles. The SMILES string of the molecule is O=C(Nc1ccc2nc([C@@H]3CCCO3)[nH]c2c1)c1ccncc1. The second-order valence-electron chi connectivity index (χ2n) is 5.55. The van der Waals surface area contributed by atoms with Crippen molar-refractivity contribution in [2.75, 3.05) is 11.9 Å². The van der Waals surface area contributed by atoms with Crippen molar-refractivity contribution in [2.45, 2.75) is 18.9 Å². The highest BCUT2D eigenvalue weighted by molar-refractivity contribution is 6.04. The number of ether oxygens (including phenoxy) is 1. The third kappa shape index (κ3) is 2.80. The van der Waals surface area contributed by atoms with Crippen LogP contribution in [0.1, 0.15) is 35.1 Å². The summed E-state index contributed by atoms with van der Waals surface area (Å²) in [5.41, 5.74) is 3.06. The predicted molar refractivity (Wildman–Crippen MR) is 86.2 cm³/mol. The summed E-state index contributed by atoms with van der Waals surface area (Å²) >= 11 is 0. The first-order valence-corrected chi connectivity index (χ1v) is 7.62. The number of aromatic amines is 1. The molecule has 1 atom stereocenters. The molecule has 3 aromatic rings. The normalized spacial score (nSPS) is 17.5. The monoisotopic (exact) mass is 308 g/mol. The number of hydrogen-bond acceptors (Lipinski definition) is 4. The molecule has 1 amide bonds. The van der Waals surface area contributed by atoms with Crippen LogP contribution in [-0.2, 0) is 4.74 Å². The van der Waals surface area contributed by atoms with Gasteiger partial charge in [0.15, 0.2) is 0 Å². The molecule has 1 aromatic carbocycles. The van der Waals surface area contributed by atoms with E-state index >= 15 is 0 Å². The molecule has 6 nitrogen and oxygen atoms in total. The van der Waals surface area contributed by atoms with Gasteiger partial charge in [-0.1, -0.05) is 0 Å². The van der Waals surface area contributed by atoms with E-state index in [1.54, 1.807) is 24.5 Å². The van der Waals surface area contributed by atoms with Crippen molar-refractivity contribution in [3.8, 4) is 0 Å². The zero-order chi connectivity index (χ0) is 15.6. The van der Waals surface area contributed by atoms with E-state index in [-0.39, 0.29) is 12.0 Å². The van der Waals surface area contributed by atoms with Crippen LogP contribution in [0.4, 0.5) is 5.69 Å². The number of benzene rings is 1. The van der Waals surface area contributed by atoms with Crippen molar-refractivity contribution in [2.24, 2.45) is 0 Å². The number of aromatic nitrogens is 3. The van der Waals surface area contributed by atoms with Gasteiger partial charge in [0.1, 0.15) is 11.9 Å². The highest BCUT2D eigenvalue weighted by atomic mass is 16.5. The number of nitrogens with one attached hydrogen (secondary N) is 2. The Morgan fingerprint density at radius 1 is 1.26 bits per heavy atom. The summed E-state index contributed by atoms with van der Waals surface area (Å²) in [4.78, 5) is 24.0. The standard InChI is InChI=1S/C17H16N4O2/c22-17(11-5-7-18-8-6-11)19-12-3-4-13-14(10-12)21-16(20-13)15-2-1-9-23-15/h3-8,10,15H,1-2,9H2,(H,19,22)(H,20,21)/t15-/m0/s1. The number of anilines is 1. The second kappa shape index (κ2) is 5.81. The minimum Gasteiger partial charge on any atom is -0.370 e. The van der Waals surface area contributed by atoms with Crippen LogP contribution in [0.5, 0.6) is 0 Å². The average molecular weight is 308 g/mol. The molecule has 1 aliphatic heterocycles. The Labute approximate surface area is 132 Å². The Balaban J connectivity index is 1.57. The maximum Gasteiger partial charge on any atom is 0.255 e. The summed E-state index contributed by atoms with van der Waals surface area (Å²) in [6, 6.07) is 8.99. The lowest BCUT2D eigenvalue weighted by Gasteiger charge is -2.04. The van der Waals surface area contributed by atoms with E-state index in [4.69, 9.17) is 4.74 Å². The zero-order valence-electron chi connectivity index (χ0n) is 12.5. The molecule has 3 heterocycles. The third-order valence-electron chi connectivity index (χ3n) is 3.94. The van der Waals surface area contributed by atoms with Crippen LogP contribution < -0.4 is 5.32 Å². The van der Waals surface area contributed by atoms with Gasteiger partial charge >= 0.3 is 0 Å². The van der Waals surface area contributed by atoms with E-state index in [1.807, 2.05) is 18.2 Å².